The van der Waals surface area contributed by atoms with Gasteiger partial charge in [-0.1, -0.05) is 0 Å². The van der Waals surface area contributed by atoms with E-state index in [2.05, 4.69) is 21.6 Å². The Hall–Kier alpha value is 0.190. The van der Waals surface area contributed by atoms with Crippen LogP contribution in [0.15, 0.2) is 0 Å². The number of thioether (sulfide) groups is 1. The maximum absolute atomic E-state index is 5.58. The molecule has 4 N–H and O–H groups in total. The SMILES string of the molecule is NCCCN1CCSCCN(CCCN)CC1. The highest BCUT2D eigenvalue weighted by Crippen LogP contribution is 2.07. The van der Waals surface area contributed by atoms with Crippen LogP contribution >= 0.6 is 11.8 Å². The molecule has 1 heterocycles. The zero-order chi connectivity index (χ0) is 12.3. The van der Waals surface area contributed by atoms with E-state index in [0.717, 1.165) is 39.0 Å². The number of rotatable bonds is 6. The van der Waals surface area contributed by atoms with Gasteiger partial charge in [0.1, 0.15) is 0 Å². The Labute approximate surface area is 110 Å². The second kappa shape index (κ2) is 10.1. The van der Waals surface area contributed by atoms with E-state index in [1.54, 1.807) is 0 Å². The molecule has 0 aromatic heterocycles. The van der Waals surface area contributed by atoms with E-state index in [0.29, 0.717) is 0 Å². The van der Waals surface area contributed by atoms with Crippen molar-refractivity contribution >= 4 is 11.8 Å². The van der Waals surface area contributed by atoms with Gasteiger partial charge in [0.25, 0.3) is 0 Å². The molecule has 0 aliphatic carbocycles. The molecule has 0 bridgehead atoms. The minimum absolute atomic E-state index is 0.806. The van der Waals surface area contributed by atoms with Crippen LogP contribution in [0, 0.1) is 0 Å². The number of hydrogen-bond acceptors (Lipinski definition) is 5. The summed E-state index contributed by atoms with van der Waals surface area (Å²) in [6.07, 6.45) is 2.24. The Morgan fingerprint density at radius 1 is 0.765 bits per heavy atom. The average Bonchev–Trinajstić information content (AvgIpc) is 2.46. The first-order chi connectivity index (χ1) is 8.36. The van der Waals surface area contributed by atoms with E-state index in [-0.39, 0.29) is 0 Å². The zero-order valence-corrected chi connectivity index (χ0v) is 11.8. The molecule has 1 fully saturated rings. The highest BCUT2D eigenvalue weighted by molar-refractivity contribution is 7.99. The molecule has 5 heteroatoms. The van der Waals surface area contributed by atoms with Crippen LogP contribution in [0.3, 0.4) is 0 Å². The van der Waals surface area contributed by atoms with Crippen LogP contribution in [0.25, 0.3) is 0 Å². The molecule has 1 rings (SSSR count). The Bertz CT molecular complexity index is 162. The summed E-state index contributed by atoms with van der Waals surface area (Å²) in [7, 11) is 0. The van der Waals surface area contributed by atoms with Crippen LogP contribution in [0.1, 0.15) is 12.8 Å². The van der Waals surface area contributed by atoms with Crippen LogP contribution in [0.2, 0.25) is 0 Å². The quantitative estimate of drug-likeness (QED) is 0.706. The molecule has 0 atom stereocenters. The van der Waals surface area contributed by atoms with Gasteiger partial charge in [-0.05, 0) is 39.0 Å². The fourth-order valence-electron chi connectivity index (χ4n) is 2.07. The lowest BCUT2D eigenvalue weighted by Crippen LogP contribution is -2.37. The van der Waals surface area contributed by atoms with Gasteiger partial charge < -0.3 is 21.3 Å². The highest BCUT2D eigenvalue weighted by atomic mass is 32.2. The van der Waals surface area contributed by atoms with Crippen LogP contribution in [-0.2, 0) is 0 Å². The van der Waals surface area contributed by atoms with Crippen LogP contribution in [0.4, 0.5) is 0 Å². The van der Waals surface area contributed by atoms with Crippen molar-refractivity contribution in [2.45, 2.75) is 12.8 Å². The standard InChI is InChI=1S/C12H28N4S/c13-3-1-5-15-7-8-16(6-2-4-14)10-12-17-11-9-15/h1-14H2. The number of hydrogen-bond donors (Lipinski definition) is 2. The summed E-state index contributed by atoms with van der Waals surface area (Å²) >= 11 is 2.07. The van der Waals surface area contributed by atoms with E-state index >= 15 is 0 Å². The summed E-state index contributed by atoms with van der Waals surface area (Å²) in [6.45, 7) is 8.73. The van der Waals surface area contributed by atoms with E-state index in [1.807, 2.05) is 0 Å². The van der Waals surface area contributed by atoms with Crippen molar-refractivity contribution in [1.29, 1.82) is 0 Å². The molecule has 0 spiro atoms. The predicted molar refractivity (Wildman–Crippen MR) is 77.5 cm³/mol. The fourth-order valence-corrected chi connectivity index (χ4v) is 3.05. The van der Waals surface area contributed by atoms with E-state index in [4.69, 9.17) is 11.5 Å². The molecular formula is C12H28N4S. The Kier molecular flexibility index (Phi) is 9.10. The van der Waals surface area contributed by atoms with E-state index < -0.39 is 0 Å². The van der Waals surface area contributed by atoms with E-state index in [1.165, 1.54) is 37.7 Å². The summed E-state index contributed by atoms with van der Waals surface area (Å²) in [4.78, 5) is 5.11. The van der Waals surface area contributed by atoms with Gasteiger partial charge in [-0.2, -0.15) is 11.8 Å². The average molecular weight is 260 g/mol. The van der Waals surface area contributed by atoms with Crippen molar-refractivity contribution in [3.8, 4) is 0 Å². The lowest BCUT2D eigenvalue weighted by molar-refractivity contribution is 0.218. The van der Waals surface area contributed by atoms with Crippen molar-refractivity contribution in [3.05, 3.63) is 0 Å². The van der Waals surface area contributed by atoms with Crippen molar-refractivity contribution in [2.75, 3.05) is 63.9 Å². The number of nitrogens with zero attached hydrogens (tertiary/aromatic N) is 2. The maximum Gasteiger partial charge on any atom is 0.0110 e. The van der Waals surface area contributed by atoms with Gasteiger partial charge in [-0.15, -0.1) is 0 Å². The molecule has 102 valence electrons. The molecule has 4 nitrogen and oxygen atoms in total. The lowest BCUT2D eigenvalue weighted by Gasteiger charge is -2.25. The van der Waals surface area contributed by atoms with Gasteiger partial charge in [0.2, 0.25) is 0 Å². The van der Waals surface area contributed by atoms with Crippen molar-refractivity contribution in [1.82, 2.24) is 9.80 Å². The van der Waals surface area contributed by atoms with Gasteiger partial charge in [-0.25, -0.2) is 0 Å². The molecule has 17 heavy (non-hydrogen) atoms. The third-order valence-electron chi connectivity index (χ3n) is 3.19. The van der Waals surface area contributed by atoms with Crippen LogP contribution < -0.4 is 11.5 Å². The largest absolute Gasteiger partial charge is 0.330 e. The molecule has 1 aliphatic heterocycles. The van der Waals surface area contributed by atoms with Crippen LogP contribution in [0.5, 0.6) is 0 Å². The van der Waals surface area contributed by atoms with Crippen molar-refractivity contribution in [2.24, 2.45) is 11.5 Å². The monoisotopic (exact) mass is 260 g/mol. The fraction of sp³-hybridized carbons (Fsp3) is 1.00. The minimum atomic E-state index is 0.806. The summed E-state index contributed by atoms with van der Waals surface area (Å²) in [6, 6.07) is 0. The Balaban J connectivity index is 2.29. The Morgan fingerprint density at radius 3 is 1.65 bits per heavy atom. The molecule has 0 unspecified atom stereocenters. The molecule has 0 aromatic carbocycles. The molecule has 1 aliphatic rings. The number of nitrogens with two attached hydrogens (primary N) is 2. The molecule has 1 saturated heterocycles. The topological polar surface area (TPSA) is 58.5 Å². The molecular weight excluding hydrogens is 232 g/mol. The summed E-state index contributed by atoms with van der Waals surface area (Å²) < 4.78 is 0. The lowest BCUT2D eigenvalue weighted by atomic mass is 10.3. The van der Waals surface area contributed by atoms with Crippen molar-refractivity contribution in [3.63, 3.8) is 0 Å². The van der Waals surface area contributed by atoms with Gasteiger partial charge in [0.15, 0.2) is 0 Å². The molecule has 0 amide bonds. The molecule has 0 aromatic rings. The summed E-state index contributed by atoms with van der Waals surface area (Å²) in [5, 5.41) is 0. The Morgan fingerprint density at radius 2 is 1.24 bits per heavy atom. The van der Waals surface area contributed by atoms with Gasteiger partial charge in [0.05, 0.1) is 0 Å². The highest BCUT2D eigenvalue weighted by Gasteiger charge is 2.11. The second-order valence-electron chi connectivity index (χ2n) is 4.58. The summed E-state index contributed by atoms with van der Waals surface area (Å²) in [5.74, 6) is 2.52. The second-order valence-corrected chi connectivity index (χ2v) is 5.80. The molecule has 0 radical (unpaired) electrons. The van der Waals surface area contributed by atoms with Crippen LogP contribution in [-0.4, -0.2) is 73.7 Å². The van der Waals surface area contributed by atoms with Crippen molar-refractivity contribution < 1.29 is 0 Å². The first-order valence-electron chi connectivity index (χ1n) is 6.79. The molecule has 0 saturated carbocycles. The van der Waals surface area contributed by atoms with Gasteiger partial charge in [-0.3, -0.25) is 0 Å². The van der Waals surface area contributed by atoms with Gasteiger partial charge >= 0.3 is 0 Å². The third-order valence-corrected chi connectivity index (χ3v) is 4.14. The first kappa shape index (κ1) is 15.2. The minimum Gasteiger partial charge on any atom is -0.330 e. The third kappa shape index (κ3) is 7.26. The normalized spacial score (nSPS) is 20.8. The first-order valence-corrected chi connectivity index (χ1v) is 7.95. The predicted octanol–water partition coefficient (Wildman–Crippen LogP) is 0.0348. The maximum atomic E-state index is 5.58. The zero-order valence-electron chi connectivity index (χ0n) is 10.9. The summed E-state index contributed by atoms with van der Waals surface area (Å²) in [5.41, 5.74) is 11.2. The van der Waals surface area contributed by atoms with E-state index in [9.17, 15) is 0 Å². The smallest absolute Gasteiger partial charge is 0.0110 e. The van der Waals surface area contributed by atoms with Gasteiger partial charge in [0, 0.05) is 37.7 Å².